The van der Waals surface area contributed by atoms with E-state index in [1.54, 1.807) is 17.0 Å². The van der Waals surface area contributed by atoms with Gasteiger partial charge in [-0.25, -0.2) is 4.98 Å². The maximum absolute atomic E-state index is 11.5. The normalized spacial score (nSPS) is 18.3. The molecule has 0 spiro atoms. The third kappa shape index (κ3) is 2.77. The summed E-state index contributed by atoms with van der Waals surface area (Å²) >= 11 is 0. The highest BCUT2D eigenvalue weighted by molar-refractivity contribution is 5.84. The smallest absolute Gasteiger partial charge is 0.240 e. The summed E-state index contributed by atoms with van der Waals surface area (Å²) in [5.41, 5.74) is 11.9. The van der Waals surface area contributed by atoms with Gasteiger partial charge in [-0.05, 0) is 25.0 Å². The Kier molecular flexibility index (Phi) is 4.29. The van der Waals surface area contributed by atoms with E-state index < -0.39 is 0 Å². The van der Waals surface area contributed by atoms with E-state index in [1.807, 2.05) is 11.9 Å². The quantitative estimate of drug-likeness (QED) is 0.673. The number of hydrogen-bond acceptors (Lipinski definition) is 6. The van der Waals surface area contributed by atoms with Crippen LogP contribution in [0.3, 0.4) is 0 Å². The van der Waals surface area contributed by atoms with Crippen LogP contribution in [0.4, 0.5) is 17.3 Å². The van der Waals surface area contributed by atoms with Crippen LogP contribution in [-0.2, 0) is 4.79 Å². The van der Waals surface area contributed by atoms with Gasteiger partial charge < -0.3 is 26.4 Å². The lowest BCUT2D eigenvalue weighted by molar-refractivity contribution is -0.119. The van der Waals surface area contributed by atoms with Gasteiger partial charge in [0.1, 0.15) is 11.9 Å². The average molecular weight is 279 g/mol. The number of primary amides is 1. The van der Waals surface area contributed by atoms with Gasteiger partial charge in [-0.1, -0.05) is 0 Å². The van der Waals surface area contributed by atoms with Gasteiger partial charge in [0.25, 0.3) is 0 Å². The van der Waals surface area contributed by atoms with Crippen LogP contribution in [0.15, 0.2) is 12.1 Å². The first-order valence-corrected chi connectivity index (χ1v) is 6.69. The SMILES string of the molecule is CN(CCO)c1nc(N2CCCC2C(N)=O)ccc1N. The Morgan fingerprint density at radius 2 is 2.35 bits per heavy atom. The van der Waals surface area contributed by atoms with Gasteiger partial charge in [0.2, 0.25) is 5.91 Å². The van der Waals surface area contributed by atoms with E-state index in [0.717, 1.165) is 19.4 Å². The van der Waals surface area contributed by atoms with Gasteiger partial charge in [-0.2, -0.15) is 0 Å². The van der Waals surface area contributed by atoms with Crippen molar-refractivity contribution in [2.75, 3.05) is 42.3 Å². The number of nitrogens with zero attached hydrogens (tertiary/aromatic N) is 3. The van der Waals surface area contributed by atoms with E-state index in [-0.39, 0.29) is 18.6 Å². The number of nitrogens with two attached hydrogens (primary N) is 2. The summed E-state index contributed by atoms with van der Waals surface area (Å²) in [6.45, 7) is 1.23. The van der Waals surface area contributed by atoms with Gasteiger partial charge in [0, 0.05) is 20.1 Å². The van der Waals surface area contributed by atoms with Crippen molar-refractivity contribution in [3.8, 4) is 0 Å². The minimum Gasteiger partial charge on any atom is -0.396 e. The highest BCUT2D eigenvalue weighted by Gasteiger charge is 2.30. The number of aliphatic hydroxyl groups is 1. The minimum absolute atomic E-state index is 0.0233. The van der Waals surface area contributed by atoms with Crippen LogP contribution in [0.5, 0.6) is 0 Å². The van der Waals surface area contributed by atoms with Crippen LogP contribution in [-0.4, -0.2) is 48.8 Å². The predicted octanol–water partition coefficient (Wildman–Crippen LogP) is -0.454. The average Bonchev–Trinajstić information content (AvgIpc) is 2.89. The van der Waals surface area contributed by atoms with E-state index in [2.05, 4.69) is 4.98 Å². The van der Waals surface area contributed by atoms with E-state index in [4.69, 9.17) is 16.6 Å². The summed E-state index contributed by atoms with van der Waals surface area (Å²) in [5, 5.41) is 9.00. The largest absolute Gasteiger partial charge is 0.396 e. The molecule has 1 aromatic rings. The van der Waals surface area contributed by atoms with Crippen molar-refractivity contribution in [3.63, 3.8) is 0 Å². The van der Waals surface area contributed by atoms with Gasteiger partial charge in [-0.15, -0.1) is 0 Å². The lowest BCUT2D eigenvalue weighted by Crippen LogP contribution is -2.41. The monoisotopic (exact) mass is 279 g/mol. The number of pyridine rings is 1. The predicted molar refractivity (Wildman–Crippen MR) is 78.6 cm³/mol. The Morgan fingerprint density at radius 1 is 1.60 bits per heavy atom. The zero-order valence-corrected chi connectivity index (χ0v) is 11.6. The summed E-state index contributed by atoms with van der Waals surface area (Å²) in [5.74, 6) is 0.971. The molecule has 1 aliphatic heterocycles. The molecule has 0 radical (unpaired) electrons. The second kappa shape index (κ2) is 5.96. The van der Waals surface area contributed by atoms with Crippen LogP contribution < -0.4 is 21.3 Å². The lowest BCUT2D eigenvalue weighted by atomic mass is 10.2. The molecule has 0 aliphatic carbocycles. The highest BCUT2D eigenvalue weighted by atomic mass is 16.3. The second-order valence-corrected chi connectivity index (χ2v) is 4.98. The molecular formula is C13H21N5O2. The van der Waals surface area contributed by atoms with Crippen molar-refractivity contribution in [3.05, 3.63) is 12.1 Å². The molecule has 0 saturated carbocycles. The van der Waals surface area contributed by atoms with Gasteiger partial charge in [-0.3, -0.25) is 4.79 Å². The Morgan fingerprint density at radius 3 is 3.00 bits per heavy atom. The highest BCUT2D eigenvalue weighted by Crippen LogP contribution is 2.28. The maximum atomic E-state index is 11.5. The topological polar surface area (TPSA) is 109 Å². The summed E-state index contributed by atoms with van der Waals surface area (Å²) in [6.07, 6.45) is 1.67. The van der Waals surface area contributed by atoms with Crippen LogP contribution in [0.1, 0.15) is 12.8 Å². The fourth-order valence-corrected chi connectivity index (χ4v) is 2.51. The van der Waals surface area contributed by atoms with Crippen LogP contribution in [0.25, 0.3) is 0 Å². The number of nitrogen functional groups attached to an aromatic ring is 1. The van der Waals surface area contributed by atoms with E-state index in [9.17, 15) is 4.79 Å². The molecule has 1 saturated heterocycles. The molecule has 1 fully saturated rings. The van der Waals surface area contributed by atoms with Crippen molar-refractivity contribution in [2.24, 2.45) is 5.73 Å². The van der Waals surface area contributed by atoms with Crippen molar-refractivity contribution in [1.29, 1.82) is 0 Å². The molecule has 1 atom stereocenters. The van der Waals surface area contributed by atoms with Crippen LogP contribution in [0.2, 0.25) is 0 Å². The molecule has 7 nitrogen and oxygen atoms in total. The first-order valence-electron chi connectivity index (χ1n) is 6.69. The Hall–Kier alpha value is -2.02. The molecule has 1 aromatic heterocycles. The number of anilines is 3. The van der Waals surface area contributed by atoms with Gasteiger partial charge in [0.15, 0.2) is 5.82 Å². The molecule has 1 amide bonds. The van der Waals surface area contributed by atoms with Crippen LogP contribution in [0, 0.1) is 0 Å². The number of aromatic nitrogens is 1. The Balaban J connectivity index is 2.29. The number of amides is 1. The summed E-state index contributed by atoms with van der Waals surface area (Å²) in [7, 11) is 1.81. The number of rotatable bonds is 5. The molecule has 2 rings (SSSR count). The standard InChI is InChI=1S/C13H21N5O2/c1-17(7-8-19)13-9(14)4-5-11(16-13)18-6-2-3-10(18)12(15)20/h4-5,10,19H,2-3,6-8,14H2,1H3,(H2,15,20). The van der Waals surface area contributed by atoms with Crippen molar-refractivity contribution >= 4 is 23.2 Å². The molecule has 0 aromatic carbocycles. The number of likely N-dealkylation sites (N-methyl/N-ethyl adjacent to an activating group) is 1. The Bertz CT molecular complexity index is 494. The minimum atomic E-state index is -0.327. The molecule has 1 unspecified atom stereocenters. The third-order valence-electron chi connectivity index (χ3n) is 3.56. The molecule has 1 aliphatic rings. The summed E-state index contributed by atoms with van der Waals surface area (Å²) in [4.78, 5) is 19.7. The zero-order chi connectivity index (χ0) is 14.7. The first kappa shape index (κ1) is 14.4. The van der Waals surface area contributed by atoms with Gasteiger partial charge >= 0.3 is 0 Å². The van der Waals surface area contributed by atoms with E-state index in [1.165, 1.54) is 0 Å². The zero-order valence-electron chi connectivity index (χ0n) is 11.6. The lowest BCUT2D eigenvalue weighted by Gasteiger charge is -2.26. The van der Waals surface area contributed by atoms with Crippen molar-refractivity contribution in [2.45, 2.75) is 18.9 Å². The number of aliphatic hydroxyl groups excluding tert-OH is 1. The summed E-state index contributed by atoms with van der Waals surface area (Å²) in [6, 6.07) is 3.26. The third-order valence-corrected chi connectivity index (χ3v) is 3.56. The molecule has 5 N–H and O–H groups in total. The fraction of sp³-hybridized carbons (Fsp3) is 0.538. The second-order valence-electron chi connectivity index (χ2n) is 4.98. The molecule has 7 heteroatoms. The molecule has 20 heavy (non-hydrogen) atoms. The first-order chi connectivity index (χ1) is 9.54. The number of carbonyl (C=O) groups is 1. The summed E-state index contributed by atoms with van der Waals surface area (Å²) < 4.78 is 0. The fourth-order valence-electron chi connectivity index (χ4n) is 2.51. The van der Waals surface area contributed by atoms with Crippen molar-refractivity contribution in [1.82, 2.24) is 4.98 Å². The molecule has 0 bridgehead atoms. The van der Waals surface area contributed by atoms with E-state index in [0.29, 0.717) is 23.9 Å². The van der Waals surface area contributed by atoms with Gasteiger partial charge in [0.05, 0.1) is 12.3 Å². The van der Waals surface area contributed by atoms with Crippen LogP contribution >= 0.6 is 0 Å². The number of carbonyl (C=O) groups excluding carboxylic acids is 1. The maximum Gasteiger partial charge on any atom is 0.240 e. The van der Waals surface area contributed by atoms with Crippen molar-refractivity contribution < 1.29 is 9.90 Å². The molecule has 110 valence electrons. The van der Waals surface area contributed by atoms with E-state index >= 15 is 0 Å². The Labute approximate surface area is 118 Å². The number of hydrogen-bond donors (Lipinski definition) is 3. The molecule has 2 heterocycles. The molecular weight excluding hydrogens is 258 g/mol.